The quantitative estimate of drug-likeness (QED) is 0.567. The number of amides is 1. The average molecular weight is 381 g/mol. The fourth-order valence-corrected chi connectivity index (χ4v) is 2.51. The average Bonchev–Trinajstić information content (AvgIpc) is 3.21. The largest absolute Gasteiger partial charge is 0.494 e. The Kier molecular flexibility index (Phi) is 6.62. The number of nitrogens with zero attached hydrogens (tertiary/aromatic N) is 2. The SMILES string of the molecule is CCCCOc1ccc(-c2nnc(COc3ccccc3C(=O)NC)o2)cc1. The molecule has 7 nitrogen and oxygen atoms in total. The lowest BCUT2D eigenvalue weighted by Crippen LogP contribution is -2.18. The molecule has 0 aliphatic heterocycles. The fourth-order valence-electron chi connectivity index (χ4n) is 2.51. The van der Waals surface area contributed by atoms with E-state index in [4.69, 9.17) is 13.9 Å². The summed E-state index contributed by atoms with van der Waals surface area (Å²) in [6, 6.07) is 14.5. The van der Waals surface area contributed by atoms with Crippen molar-refractivity contribution < 1.29 is 18.7 Å². The van der Waals surface area contributed by atoms with E-state index in [1.54, 1.807) is 31.3 Å². The highest BCUT2D eigenvalue weighted by atomic mass is 16.5. The molecule has 1 aromatic heterocycles. The van der Waals surface area contributed by atoms with E-state index in [-0.39, 0.29) is 12.5 Å². The van der Waals surface area contributed by atoms with Gasteiger partial charge in [-0.3, -0.25) is 4.79 Å². The molecule has 3 rings (SSSR count). The van der Waals surface area contributed by atoms with Crippen LogP contribution in [0.5, 0.6) is 11.5 Å². The highest BCUT2D eigenvalue weighted by molar-refractivity contribution is 5.96. The molecule has 7 heteroatoms. The minimum absolute atomic E-state index is 0.0687. The number of aromatic nitrogens is 2. The molecule has 0 bridgehead atoms. The summed E-state index contributed by atoms with van der Waals surface area (Å²) in [5, 5.41) is 10.7. The van der Waals surface area contributed by atoms with E-state index in [1.165, 1.54) is 0 Å². The molecule has 0 saturated heterocycles. The van der Waals surface area contributed by atoms with Crippen molar-refractivity contribution in [2.45, 2.75) is 26.4 Å². The van der Waals surface area contributed by atoms with Crippen LogP contribution >= 0.6 is 0 Å². The van der Waals surface area contributed by atoms with Gasteiger partial charge in [0, 0.05) is 12.6 Å². The van der Waals surface area contributed by atoms with Gasteiger partial charge >= 0.3 is 0 Å². The maximum atomic E-state index is 11.9. The number of carbonyl (C=O) groups is 1. The molecule has 2 aromatic carbocycles. The third-order valence-corrected chi connectivity index (χ3v) is 4.04. The Balaban J connectivity index is 1.63. The number of hydrogen-bond acceptors (Lipinski definition) is 6. The Bertz CT molecular complexity index is 906. The van der Waals surface area contributed by atoms with Crippen LogP contribution in [0.15, 0.2) is 52.9 Å². The van der Waals surface area contributed by atoms with Crippen molar-refractivity contribution >= 4 is 5.91 Å². The van der Waals surface area contributed by atoms with Gasteiger partial charge in [0.05, 0.1) is 12.2 Å². The van der Waals surface area contributed by atoms with Crippen molar-refractivity contribution in [3.8, 4) is 23.0 Å². The van der Waals surface area contributed by atoms with Crippen molar-refractivity contribution in [3.05, 3.63) is 60.0 Å². The Morgan fingerprint density at radius 3 is 2.61 bits per heavy atom. The lowest BCUT2D eigenvalue weighted by molar-refractivity contribution is 0.0958. The molecule has 1 heterocycles. The molecule has 0 fully saturated rings. The molecule has 0 aliphatic carbocycles. The van der Waals surface area contributed by atoms with Crippen LogP contribution in [0.2, 0.25) is 0 Å². The first-order chi connectivity index (χ1) is 13.7. The predicted octanol–water partition coefficient (Wildman–Crippen LogP) is 3.85. The van der Waals surface area contributed by atoms with Gasteiger partial charge < -0.3 is 19.2 Å². The van der Waals surface area contributed by atoms with Gasteiger partial charge in [0.15, 0.2) is 6.61 Å². The molecule has 3 aromatic rings. The van der Waals surface area contributed by atoms with Crippen LogP contribution in [-0.4, -0.2) is 29.8 Å². The van der Waals surface area contributed by atoms with Crippen molar-refractivity contribution in [1.29, 1.82) is 0 Å². The number of carbonyl (C=O) groups excluding carboxylic acids is 1. The Morgan fingerprint density at radius 1 is 1.07 bits per heavy atom. The monoisotopic (exact) mass is 381 g/mol. The molecule has 0 unspecified atom stereocenters. The Labute approximate surface area is 163 Å². The smallest absolute Gasteiger partial charge is 0.254 e. The van der Waals surface area contributed by atoms with Crippen LogP contribution in [0.25, 0.3) is 11.5 Å². The second-order valence-corrected chi connectivity index (χ2v) is 6.09. The summed E-state index contributed by atoms with van der Waals surface area (Å²) >= 11 is 0. The summed E-state index contributed by atoms with van der Waals surface area (Å²) in [7, 11) is 1.57. The zero-order chi connectivity index (χ0) is 19.8. The summed E-state index contributed by atoms with van der Waals surface area (Å²) in [4.78, 5) is 11.9. The minimum atomic E-state index is -0.219. The van der Waals surface area contributed by atoms with Crippen LogP contribution < -0.4 is 14.8 Å². The molecule has 1 N–H and O–H groups in total. The Hall–Kier alpha value is -3.35. The van der Waals surface area contributed by atoms with Crippen LogP contribution in [0.1, 0.15) is 36.0 Å². The predicted molar refractivity (Wildman–Crippen MR) is 104 cm³/mol. The van der Waals surface area contributed by atoms with E-state index >= 15 is 0 Å². The third kappa shape index (κ3) is 4.88. The summed E-state index contributed by atoms with van der Waals surface area (Å²) in [6.07, 6.45) is 2.12. The standard InChI is InChI=1S/C21H23N3O4/c1-3-4-13-26-16-11-9-15(10-12-16)21-24-23-19(28-21)14-27-18-8-6-5-7-17(18)20(25)22-2/h5-12H,3-4,13-14H2,1-2H3,(H,22,25). The van der Waals surface area contributed by atoms with Crippen LogP contribution in [0.3, 0.4) is 0 Å². The molecule has 28 heavy (non-hydrogen) atoms. The van der Waals surface area contributed by atoms with Crippen molar-refractivity contribution in [2.24, 2.45) is 0 Å². The number of ether oxygens (including phenoxy) is 2. The molecule has 0 radical (unpaired) electrons. The summed E-state index contributed by atoms with van der Waals surface area (Å²) in [5.41, 5.74) is 1.25. The van der Waals surface area contributed by atoms with E-state index in [9.17, 15) is 4.79 Å². The second kappa shape index (κ2) is 9.55. The van der Waals surface area contributed by atoms with Gasteiger partial charge in [-0.15, -0.1) is 10.2 Å². The normalized spacial score (nSPS) is 10.5. The number of unbranched alkanes of at least 4 members (excludes halogenated alkanes) is 1. The molecule has 0 saturated carbocycles. The first kappa shape index (κ1) is 19.4. The van der Waals surface area contributed by atoms with Gasteiger partial charge in [-0.2, -0.15) is 0 Å². The fraction of sp³-hybridized carbons (Fsp3) is 0.286. The molecule has 0 spiro atoms. The number of para-hydroxylation sites is 1. The molecule has 146 valence electrons. The number of hydrogen-bond donors (Lipinski definition) is 1. The van der Waals surface area contributed by atoms with Gasteiger partial charge in [0.1, 0.15) is 11.5 Å². The highest BCUT2D eigenvalue weighted by Gasteiger charge is 2.13. The van der Waals surface area contributed by atoms with E-state index in [0.29, 0.717) is 29.7 Å². The summed E-state index contributed by atoms with van der Waals surface area (Å²) < 4.78 is 17.0. The van der Waals surface area contributed by atoms with Crippen LogP contribution in [-0.2, 0) is 6.61 Å². The minimum Gasteiger partial charge on any atom is -0.494 e. The first-order valence-electron chi connectivity index (χ1n) is 9.20. The molecule has 0 aliphatic rings. The molecule has 0 atom stereocenters. The van der Waals surface area contributed by atoms with Gasteiger partial charge in [-0.25, -0.2) is 0 Å². The van der Waals surface area contributed by atoms with Crippen LogP contribution in [0.4, 0.5) is 0 Å². The van der Waals surface area contributed by atoms with Gasteiger partial charge in [-0.05, 0) is 42.8 Å². The topological polar surface area (TPSA) is 86.5 Å². The lowest BCUT2D eigenvalue weighted by Gasteiger charge is -2.08. The van der Waals surface area contributed by atoms with E-state index in [1.807, 2.05) is 24.3 Å². The summed E-state index contributed by atoms with van der Waals surface area (Å²) in [5.74, 6) is 1.77. The van der Waals surface area contributed by atoms with E-state index < -0.39 is 0 Å². The summed E-state index contributed by atoms with van der Waals surface area (Å²) in [6.45, 7) is 2.90. The van der Waals surface area contributed by atoms with Gasteiger partial charge in [0.25, 0.3) is 11.8 Å². The zero-order valence-corrected chi connectivity index (χ0v) is 16.0. The number of rotatable bonds is 9. The van der Waals surface area contributed by atoms with Gasteiger partial charge in [0.2, 0.25) is 5.89 Å². The lowest BCUT2D eigenvalue weighted by atomic mass is 10.2. The van der Waals surface area contributed by atoms with E-state index in [0.717, 1.165) is 24.2 Å². The Morgan fingerprint density at radius 2 is 1.86 bits per heavy atom. The second-order valence-electron chi connectivity index (χ2n) is 6.09. The number of nitrogens with one attached hydrogen (secondary N) is 1. The molecular weight excluding hydrogens is 358 g/mol. The highest BCUT2D eigenvalue weighted by Crippen LogP contribution is 2.23. The zero-order valence-electron chi connectivity index (χ0n) is 16.0. The number of benzene rings is 2. The molecular formula is C21H23N3O4. The van der Waals surface area contributed by atoms with E-state index in [2.05, 4.69) is 22.4 Å². The maximum Gasteiger partial charge on any atom is 0.254 e. The van der Waals surface area contributed by atoms with Crippen molar-refractivity contribution in [2.75, 3.05) is 13.7 Å². The third-order valence-electron chi connectivity index (χ3n) is 4.04. The van der Waals surface area contributed by atoms with Crippen molar-refractivity contribution in [1.82, 2.24) is 15.5 Å². The van der Waals surface area contributed by atoms with Crippen LogP contribution in [0, 0.1) is 0 Å². The maximum absolute atomic E-state index is 11.9. The van der Waals surface area contributed by atoms with Crippen molar-refractivity contribution in [3.63, 3.8) is 0 Å². The van der Waals surface area contributed by atoms with Gasteiger partial charge in [-0.1, -0.05) is 25.5 Å². The molecule has 1 amide bonds. The first-order valence-corrected chi connectivity index (χ1v) is 9.20.